The van der Waals surface area contributed by atoms with E-state index in [1.54, 1.807) is 14.2 Å². The Labute approximate surface area is 201 Å². The van der Waals surface area contributed by atoms with Gasteiger partial charge in [-0.05, 0) is 30.7 Å². The Bertz CT molecular complexity index is 941. The molecule has 8 heteroatoms. The van der Waals surface area contributed by atoms with E-state index in [1.807, 2.05) is 28.8 Å². The van der Waals surface area contributed by atoms with Gasteiger partial charge in [-0.2, -0.15) is 0 Å². The van der Waals surface area contributed by atoms with Crippen molar-refractivity contribution in [3.05, 3.63) is 65.6 Å². The van der Waals surface area contributed by atoms with Gasteiger partial charge in [0.1, 0.15) is 11.4 Å². The van der Waals surface area contributed by atoms with Crippen molar-refractivity contribution in [2.75, 3.05) is 33.9 Å². The third kappa shape index (κ3) is 7.70. The number of benzene rings is 1. The van der Waals surface area contributed by atoms with Crippen LogP contribution in [0.3, 0.4) is 0 Å². The fraction of sp³-hybridized carbons (Fsp3) is 0.391. The lowest BCUT2D eigenvalue weighted by Gasteiger charge is -2.15. The number of rotatable bonds is 10. The average Bonchev–Trinajstić information content (AvgIpc) is 3.17. The predicted octanol–water partition coefficient (Wildman–Crippen LogP) is 3.58. The molecule has 2 aromatic heterocycles. The maximum atomic E-state index is 5.96. The van der Waals surface area contributed by atoms with Gasteiger partial charge in [0.2, 0.25) is 0 Å². The highest BCUT2D eigenvalue weighted by Gasteiger charge is 2.07. The maximum Gasteiger partial charge on any atom is 0.191 e. The normalized spacial score (nSPS) is 11.3. The van der Waals surface area contributed by atoms with E-state index in [0.29, 0.717) is 19.8 Å². The molecule has 2 N–H and O–H groups in total. The Morgan fingerprint density at radius 3 is 2.81 bits per heavy atom. The number of fused-ring (bicyclic) bond motifs is 1. The fourth-order valence-electron chi connectivity index (χ4n) is 3.14. The van der Waals surface area contributed by atoms with Gasteiger partial charge in [0.25, 0.3) is 0 Å². The van der Waals surface area contributed by atoms with Crippen LogP contribution in [0, 0.1) is 6.92 Å². The first kappa shape index (κ1) is 24.9. The SMILES string of the molecule is CN=C(NCCc1cn2ccccc2n1)NCc1ccc(C)cc1OCCCOC.I. The minimum Gasteiger partial charge on any atom is -0.493 e. The van der Waals surface area contributed by atoms with Crippen LogP contribution in [0.15, 0.2) is 53.8 Å². The third-order valence-electron chi connectivity index (χ3n) is 4.73. The molecule has 0 spiro atoms. The Hall–Kier alpha value is -2.33. The Morgan fingerprint density at radius 1 is 1.16 bits per heavy atom. The molecule has 0 atom stereocenters. The zero-order valence-electron chi connectivity index (χ0n) is 18.4. The monoisotopic (exact) mass is 537 g/mol. The van der Waals surface area contributed by atoms with Crippen LogP contribution in [0.25, 0.3) is 5.65 Å². The topological polar surface area (TPSA) is 72.2 Å². The van der Waals surface area contributed by atoms with E-state index in [9.17, 15) is 0 Å². The highest BCUT2D eigenvalue weighted by molar-refractivity contribution is 14.0. The van der Waals surface area contributed by atoms with E-state index in [1.165, 1.54) is 5.56 Å². The number of guanidine groups is 1. The molecule has 2 heterocycles. The van der Waals surface area contributed by atoms with Gasteiger partial charge in [-0.3, -0.25) is 4.99 Å². The second-order valence-corrected chi connectivity index (χ2v) is 7.11. The summed E-state index contributed by atoms with van der Waals surface area (Å²) in [7, 11) is 3.48. The summed E-state index contributed by atoms with van der Waals surface area (Å²) in [6.45, 7) is 4.78. The number of hydrogen-bond acceptors (Lipinski definition) is 4. The first-order valence-electron chi connectivity index (χ1n) is 10.3. The molecule has 7 nitrogen and oxygen atoms in total. The molecule has 1 aromatic carbocycles. The van der Waals surface area contributed by atoms with Crippen molar-refractivity contribution in [1.29, 1.82) is 0 Å². The second-order valence-electron chi connectivity index (χ2n) is 7.11. The molecule has 0 amide bonds. The highest BCUT2D eigenvalue weighted by Crippen LogP contribution is 2.20. The average molecular weight is 537 g/mol. The van der Waals surface area contributed by atoms with E-state index in [2.05, 4.69) is 51.9 Å². The van der Waals surface area contributed by atoms with Gasteiger partial charge in [0, 0.05) is 64.7 Å². The lowest BCUT2D eigenvalue weighted by Crippen LogP contribution is -2.38. The zero-order valence-corrected chi connectivity index (χ0v) is 20.8. The van der Waals surface area contributed by atoms with Crippen molar-refractivity contribution in [3.8, 4) is 5.75 Å². The fourth-order valence-corrected chi connectivity index (χ4v) is 3.14. The Kier molecular flexibility index (Phi) is 10.6. The van der Waals surface area contributed by atoms with Crippen molar-refractivity contribution in [2.45, 2.75) is 26.3 Å². The van der Waals surface area contributed by atoms with Gasteiger partial charge in [0.05, 0.1) is 12.3 Å². The zero-order chi connectivity index (χ0) is 21.2. The van der Waals surface area contributed by atoms with E-state index < -0.39 is 0 Å². The molecule has 0 saturated heterocycles. The number of aryl methyl sites for hydroxylation is 1. The molecule has 0 aliphatic carbocycles. The summed E-state index contributed by atoms with van der Waals surface area (Å²) >= 11 is 0. The molecule has 3 rings (SSSR count). The standard InChI is InChI=1S/C23H31N5O2.HI/c1-18-8-9-19(21(15-18)30-14-6-13-29-3)16-26-23(24-2)25-11-10-20-17-28-12-5-4-7-22(28)27-20;/h4-5,7-9,12,15,17H,6,10-11,13-14,16H2,1-3H3,(H2,24,25,26);1H. The number of hydrogen-bond donors (Lipinski definition) is 2. The van der Waals surface area contributed by atoms with Crippen LogP contribution in [0.5, 0.6) is 5.75 Å². The van der Waals surface area contributed by atoms with E-state index in [-0.39, 0.29) is 24.0 Å². The van der Waals surface area contributed by atoms with Gasteiger partial charge >= 0.3 is 0 Å². The van der Waals surface area contributed by atoms with Crippen molar-refractivity contribution >= 4 is 35.6 Å². The number of aliphatic imine (C=N–C) groups is 1. The summed E-state index contributed by atoms with van der Waals surface area (Å²) < 4.78 is 13.1. The summed E-state index contributed by atoms with van der Waals surface area (Å²) in [5.74, 6) is 1.66. The number of nitrogens with one attached hydrogen (secondary N) is 2. The summed E-state index contributed by atoms with van der Waals surface area (Å²) in [4.78, 5) is 8.95. The van der Waals surface area contributed by atoms with Crippen molar-refractivity contribution in [3.63, 3.8) is 0 Å². The van der Waals surface area contributed by atoms with E-state index in [4.69, 9.17) is 9.47 Å². The largest absolute Gasteiger partial charge is 0.493 e. The van der Waals surface area contributed by atoms with Crippen LogP contribution in [-0.2, 0) is 17.7 Å². The second kappa shape index (κ2) is 13.2. The summed E-state index contributed by atoms with van der Waals surface area (Å²) in [6, 6.07) is 12.3. The number of nitrogens with zero attached hydrogens (tertiary/aromatic N) is 3. The molecule has 31 heavy (non-hydrogen) atoms. The minimum atomic E-state index is 0. The molecule has 0 fully saturated rings. The molecule has 0 unspecified atom stereocenters. The Balaban J connectivity index is 0.00000341. The van der Waals surface area contributed by atoms with Crippen LogP contribution in [0.4, 0.5) is 0 Å². The minimum absolute atomic E-state index is 0. The van der Waals surface area contributed by atoms with Gasteiger partial charge in [-0.15, -0.1) is 24.0 Å². The van der Waals surface area contributed by atoms with Crippen LogP contribution in [0.1, 0.15) is 23.2 Å². The lowest BCUT2D eigenvalue weighted by molar-refractivity contribution is 0.172. The van der Waals surface area contributed by atoms with Crippen LogP contribution < -0.4 is 15.4 Å². The highest BCUT2D eigenvalue weighted by atomic mass is 127. The molecule has 0 aliphatic heterocycles. The number of aromatic nitrogens is 2. The van der Waals surface area contributed by atoms with Gasteiger partial charge in [-0.1, -0.05) is 18.2 Å². The molecule has 168 valence electrons. The van der Waals surface area contributed by atoms with E-state index in [0.717, 1.165) is 48.0 Å². The number of methoxy groups -OCH3 is 1. The number of halogens is 1. The molecular formula is C23H32IN5O2. The number of imidazole rings is 1. The first-order chi connectivity index (χ1) is 14.7. The predicted molar refractivity (Wildman–Crippen MR) is 136 cm³/mol. The summed E-state index contributed by atoms with van der Waals surface area (Å²) in [5, 5.41) is 6.72. The number of ether oxygens (including phenoxy) is 2. The molecule has 0 aliphatic rings. The first-order valence-corrected chi connectivity index (χ1v) is 10.3. The van der Waals surface area contributed by atoms with Crippen molar-refractivity contribution in [2.24, 2.45) is 4.99 Å². The quantitative estimate of drug-likeness (QED) is 0.179. The lowest BCUT2D eigenvalue weighted by atomic mass is 10.1. The van der Waals surface area contributed by atoms with Gasteiger partial charge in [-0.25, -0.2) is 4.98 Å². The molecule has 3 aromatic rings. The molecular weight excluding hydrogens is 505 g/mol. The van der Waals surface area contributed by atoms with Gasteiger partial charge < -0.3 is 24.5 Å². The molecule has 0 bridgehead atoms. The van der Waals surface area contributed by atoms with Gasteiger partial charge in [0.15, 0.2) is 5.96 Å². The van der Waals surface area contributed by atoms with Crippen LogP contribution in [0.2, 0.25) is 0 Å². The van der Waals surface area contributed by atoms with Crippen LogP contribution >= 0.6 is 24.0 Å². The molecule has 0 radical (unpaired) electrons. The molecule has 0 saturated carbocycles. The van der Waals surface area contributed by atoms with Crippen LogP contribution in [-0.4, -0.2) is 49.3 Å². The smallest absolute Gasteiger partial charge is 0.191 e. The maximum absolute atomic E-state index is 5.96. The Morgan fingerprint density at radius 2 is 2.03 bits per heavy atom. The third-order valence-corrected chi connectivity index (χ3v) is 4.73. The number of pyridine rings is 1. The summed E-state index contributed by atoms with van der Waals surface area (Å²) in [5.41, 5.74) is 4.29. The van der Waals surface area contributed by atoms with Crippen molar-refractivity contribution in [1.82, 2.24) is 20.0 Å². The van der Waals surface area contributed by atoms with E-state index >= 15 is 0 Å². The van der Waals surface area contributed by atoms with Crippen molar-refractivity contribution < 1.29 is 9.47 Å². The summed E-state index contributed by atoms with van der Waals surface area (Å²) in [6.07, 6.45) is 5.76.